The van der Waals surface area contributed by atoms with Gasteiger partial charge in [-0.3, -0.25) is 4.79 Å². The van der Waals surface area contributed by atoms with Gasteiger partial charge in [0.1, 0.15) is 0 Å². The van der Waals surface area contributed by atoms with E-state index in [-0.39, 0.29) is 18.4 Å². The van der Waals surface area contributed by atoms with Gasteiger partial charge < -0.3 is 10.0 Å². The fourth-order valence-electron chi connectivity index (χ4n) is 2.61. The van der Waals surface area contributed by atoms with Gasteiger partial charge in [0.05, 0.1) is 15.2 Å². The predicted molar refractivity (Wildman–Crippen MR) is 79.7 cm³/mol. The number of aryl methyl sites for hydroxylation is 1. The van der Waals surface area contributed by atoms with Crippen molar-refractivity contribution in [2.45, 2.75) is 19.3 Å². The lowest BCUT2D eigenvalue weighted by Gasteiger charge is -2.15. The first kappa shape index (κ1) is 13.5. The first-order valence-corrected chi connectivity index (χ1v) is 7.81. The number of carbonyl (C=O) groups excluding carboxylic acids is 1. The summed E-state index contributed by atoms with van der Waals surface area (Å²) in [7, 11) is 0. The summed E-state index contributed by atoms with van der Waals surface area (Å²) in [6, 6.07) is 8.05. The molecule has 1 aromatic carbocycles. The van der Waals surface area contributed by atoms with Gasteiger partial charge in [-0.2, -0.15) is 0 Å². The average Bonchev–Trinajstić information content (AvgIpc) is 3.10. The number of thiazole rings is 1. The topological polar surface area (TPSA) is 53.4 Å². The first-order valence-electron chi connectivity index (χ1n) is 6.99. The average molecular weight is 290 g/mol. The molecule has 5 heteroatoms. The van der Waals surface area contributed by atoms with Crippen LogP contribution in [0.5, 0.6) is 0 Å². The van der Waals surface area contributed by atoms with Crippen molar-refractivity contribution in [2.24, 2.45) is 5.92 Å². The number of fused-ring (bicyclic) bond motifs is 1. The second kappa shape index (κ2) is 5.89. The van der Waals surface area contributed by atoms with Gasteiger partial charge in [0.25, 0.3) is 0 Å². The number of nitrogens with zero attached hydrogens (tertiary/aromatic N) is 2. The fourth-order valence-corrected chi connectivity index (χ4v) is 3.57. The Morgan fingerprint density at radius 1 is 1.45 bits per heavy atom. The molecule has 0 saturated carbocycles. The molecule has 1 unspecified atom stereocenters. The third-order valence-electron chi connectivity index (χ3n) is 3.79. The summed E-state index contributed by atoms with van der Waals surface area (Å²) < 4.78 is 1.18. The van der Waals surface area contributed by atoms with Gasteiger partial charge >= 0.3 is 0 Å². The van der Waals surface area contributed by atoms with Crippen LogP contribution in [0.25, 0.3) is 10.2 Å². The van der Waals surface area contributed by atoms with Crippen LogP contribution in [0.1, 0.15) is 17.8 Å². The van der Waals surface area contributed by atoms with Gasteiger partial charge in [0, 0.05) is 38.5 Å². The lowest BCUT2D eigenvalue weighted by molar-refractivity contribution is -0.130. The normalized spacial score (nSPS) is 18.9. The number of hydrogen-bond acceptors (Lipinski definition) is 4. The molecule has 0 spiro atoms. The van der Waals surface area contributed by atoms with Crippen molar-refractivity contribution in [1.82, 2.24) is 9.88 Å². The highest BCUT2D eigenvalue weighted by molar-refractivity contribution is 7.18. The minimum atomic E-state index is 0.181. The highest BCUT2D eigenvalue weighted by Crippen LogP contribution is 2.23. The molecule has 1 atom stereocenters. The monoisotopic (exact) mass is 290 g/mol. The van der Waals surface area contributed by atoms with Gasteiger partial charge in [0.15, 0.2) is 0 Å². The number of hydrogen-bond donors (Lipinski definition) is 1. The van der Waals surface area contributed by atoms with E-state index in [0.29, 0.717) is 19.4 Å². The van der Waals surface area contributed by atoms with Crippen LogP contribution in [-0.2, 0) is 11.2 Å². The highest BCUT2D eigenvalue weighted by Gasteiger charge is 2.25. The Hall–Kier alpha value is -1.46. The summed E-state index contributed by atoms with van der Waals surface area (Å²) in [5.41, 5.74) is 1.02. The van der Waals surface area contributed by atoms with Crippen molar-refractivity contribution in [3.05, 3.63) is 29.3 Å². The molecule has 1 amide bonds. The van der Waals surface area contributed by atoms with Crippen LogP contribution in [0.4, 0.5) is 0 Å². The molecule has 3 rings (SSSR count). The van der Waals surface area contributed by atoms with Crippen LogP contribution >= 0.6 is 11.3 Å². The molecule has 2 aromatic rings. The summed E-state index contributed by atoms with van der Waals surface area (Å²) >= 11 is 1.67. The van der Waals surface area contributed by atoms with Crippen molar-refractivity contribution in [3.63, 3.8) is 0 Å². The van der Waals surface area contributed by atoms with Crippen molar-refractivity contribution in [2.75, 3.05) is 19.7 Å². The van der Waals surface area contributed by atoms with Crippen LogP contribution in [0.3, 0.4) is 0 Å². The number of para-hydroxylation sites is 1. The lowest BCUT2D eigenvalue weighted by Crippen LogP contribution is -2.29. The largest absolute Gasteiger partial charge is 0.396 e. The number of aliphatic hydroxyl groups is 1. The van der Waals surface area contributed by atoms with Crippen LogP contribution in [-0.4, -0.2) is 40.6 Å². The van der Waals surface area contributed by atoms with Crippen molar-refractivity contribution in [3.8, 4) is 0 Å². The molecule has 0 bridgehead atoms. The molecule has 20 heavy (non-hydrogen) atoms. The Bertz CT molecular complexity index is 578. The van der Waals surface area contributed by atoms with E-state index in [0.717, 1.165) is 23.5 Å². The van der Waals surface area contributed by atoms with Gasteiger partial charge in [-0.25, -0.2) is 4.98 Å². The van der Waals surface area contributed by atoms with Gasteiger partial charge in [-0.1, -0.05) is 12.1 Å². The van der Waals surface area contributed by atoms with Crippen LogP contribution in [0.2, 0.25) is 0 Å². The molecule has 0 radical (unpaired) electrons. The molecular weight excluding hydrogens is 272 g/mol. The van der Waals surface area contributed by atoms with E-state index in [1.807, 2.05) is 23.1 Å². The van der Waals surface area contributed by atoms with Gasteiger partial charge in [-0.05, 0) is 18.6 Å². The summed E-state index contributed by atoms with van der Waals surface area (Å²) in [5, 5.41) is 10.1. The molecular formula is C15H18N2O2S. The number of carbonyl (C=O) groups is 1. The summed E-state index contributed by atoms with van der Waals surface area (Å²) in [6.45, 7) is 1.67. The molecule has 0 aliphatic carbocycles. The Morgan fingerprint density at radius 2 is 2.30 bits per heavy atom. The summed E-state index contributed by atoms with van der Waals surface area (Å²) in [6.07, 6.45) is 2.14. The maximum absolute atomic E-state index is 12.1. The lowest BCUT2D eigenvalue weighted by atomic mass is 10.1. The van der Waals surface area contributed by atoms with E-state index in [2.05, 4.69) is 11.1 Å². The SMILES string of the molecule is O=C(CCc1nc2ccccc2s1)N1CCC(CO)C1. The Kier molecular flexibility index (Phi) is 3.98. The summed E-state index contributed by atoms with van der Waals surface area (Å²) in [5.74, 6) is 0.446. The second-order valence-electron chi connectivity index (χ2n) is 5.25. The van der Waals surface area contributed by atoms with E-state index in [1.54, 1.807) is 11.3 Å². The highest BCUT2D eigenvalue weighted by atomic mass is 32.1. The molecule has 2 heterocycles. The molecule has 106 valence electrons. The Balaban J connectivity index is 1.57. The first-order chi connectivity index (χ1) is 9.76. The Morgan fingerprint density at radius 3 is 3.05 bits per heavy atom. The molecule has 1 saturated heterocycles. The number of aliphatic hydroxyl groups excluding tert-OH is 1. The van der Waals surface area contributed by atoms with E-state index in [4.69, 9.17) is 5.11 Å². The number of benzene rings is 1. The van der Waals surface area contributed by atoms with Crippen LogP contribution < -0.4 is 0 Å². The zero-order valence-electron chi connectivity index (χ0n) is 11.3. The third-order valence-corrected chi connectivity index (χ3v) is 4.88. The maximum atomic E-state index is 12.1. The van der Waals surface area contributed by atoms with E-state index < -0.39 is 0 Å². The minimum Gasteiger partial charge on any atom is -0.396 e. The number of likely N-dealkylation sites (tertiary alicyclic amines) is 1. The number of rotatable bonds is 4. The van der Waals surface area contributed by atoms with Crippen LogP contribution in [0.15, 0.2) is 24.3 Å². The van der Waals surface area contributed by atoms with E-state index >= 15 is 0 Å². The molecule has 1 N–H and O–H groups in total. The minimum absolute atomic E-state index is 0.181. The van der Waals surface area contributed by atoms with Gasteiger partial charge in [0.2, 0.25) is 5.91 Å². The smallest absolute Gasteiger partial charge is 0.222 e. The second-order valence-corrected chi connectivity index (χ2v) is 6.37. The van der Waals surface area contributed by atoms with E-state index in [9.17, 15) is 4.79 Å². The Labute approximate surface area is 122 Å². The zero-order valence-corrected chi connectivity index (χ0v) is 12.1. The molecule has 1 aliphatic rings. The van der Waals surface area contributed by atoms with Crippen molar-refractivity contribution >= 4 is 27.5 Å². The van der Waals surface area contributed by atoms with Crippen molar-refractivity contribution in [1.29, 1.82) is 0 Å². The quantitative estimate of drug-likeness (QED) is 0.938. The van der Waals surface area contributed by atoms with E-state index in [1.165, 1.54) is 4.70 Å². The molecule has 1 aliphatic heterocycles. The predicted octanol–water partition coefficient (Wildman–Crippen LogP) is 2.07. The van der Waals surface area contributed by atoms with Gasteiger partial charge in [-0.15, -0.1) is 11.3 Å². The molecule has 4 nitrogen and oxygen atoms in total. The van der Waals surface area contributed by atoms with Crippen molar-refractivity contribution < 1.29 is 9.90 Å². The number of amides is 1. The molecule has 1 fully saturated rings. The zero-order chi connectivity index (χ0) is 13.9. The molecule has 1 aromatic heterocycles. The van der Waals surface area contributed by atoms with Crippen LogP contribution in [0, 0.1) is 5.92 Å². The fraction of sp³-hybridized carbons (Fsp3) is 0.467. The third kappa shape index (κ3) is 2.83. The standard InChI is InChI=1S/C15H18N2O2S/c18-10-11-7-8-17(9-11)15(19)6-5-14-16-12-3-1-2-4-13(12)20-14/h1-4,11,18H,5-10H2. The summed E-state index contributed by atoms with van der Waals surface area (Å²) in [4.78, 5) is 18.5. The maximum Gasteiger partial charge on any atom is 0.222 e. The number of aromatic nitrogens is 1.